The molecule has 0 aliphatic carbocycles. The maximum atomic E-state index is 13.1. The predicted molar refractivity (Wildman–Crippen MR) is 97.9 cm³/mol. The number of fused-ring (bicyclic) bond motifs is 1. The first-order valence-corrected chi connectivity index (χ1v) is 8.53. The summed E-state index contributed by atoms with van der Waals surface area (Å²) in [5.74, 6) is 0.828. The molecular weight excluding hydrogens is 314 g/mol. The smallest absolute Gasteiger partial charge is 0.256 e. The Balaban J connectivity index is 1.54. The minimum Gasteiger partial charge on any atom is -0.358 e. The summed E-state index contributed by atoms with van der Waals surface area (Å²) in [7, 11) is 0. The van der Waals surface area contributed by atoms with Gasteiger partial charge in [-0.05, 0) is 31.5 Å². The Morgan fingerprint density at radius 3 is 2.52 bits per heavy atom. The van der Waals surface area contributed by atoms with E-state index in [1.165, 1.54) is 5.56 Å². The number of hydrogen-bond acceptors (Lipinski definition) is 4. The van der Waals surface area contributed by atoms with Crippen LogP contribution in [-0.2, 0) is 0 Å². The van der Waals surface area contributed by atoms with Crippen molar-refractivity contribution in [3.05, 3.63) is 53.5 Å². The molecule has 2 aromatic heterocycles. The molecule has 0 atom stereocenters. The number of amides is 1. The van der Waals surface area contributed by atoms with Gasteiger partial charge in [-0.2, -0.15) is 0 Å². The topological polar surface area (TPSA) is 65.1 Å². The molecule has 6 heteroatoms. The molecule has 0 radical (unpaired) electrons. The average Bonchev–Trinajstić information content (AvgIpc) is 2.97. The van der Waals surface area contributed by atoms with Crippen LogP contribution in [-0.4, -0.2) is 51.9 Å². The van der Waals surface area contributed by atoms with Crippen molar-refractivity contribution in [1.82, 2.24) is 19.9 Å². The van der Waals surface area contributed by atoms with Crippen molar-refractivity contribution in [1.29, 1.82) is 0 Å². The molecule has 25 heavy (non-hydrogen) atoms. The lowest BCUT2D eigenvalue weighted by molar-refractivity contribution is 0.0747. The van der Waals surface area contributed by atoms with Gasteiger partial charge < -0.3 is 14.8 Å². The van der Waals surface area contributed by atoms with Crippen molar-refractivity contribution < 1.29 is 4.79 Å². The molecule has 6 nitrogen and oxygen atoms in total. The zero-order chi connectivity index (χ0) is 17.4. The number of hydrogen-bond donors (Lipinski definition) is 1. The van der Waals surface area contributed by atoms with Gasteiger partial charge in [-0.15, -0.1) is 0 Å². The van der Waals surface area contributed by atoms with Crippen LogP contribution >= 0.6 is 0 Å². The van der Waals surface area contributed by atoms with Crippen LogP contribution in [0, 0.1) is 13.8 Å². The molecule has 0 spiro atoms. The summed E-state index contributed by atoms with van der Waals surface area (Å²) in [6, 6.07) is 7.99. The van der Waals surface area contributed by atoms with Gasteiger partial charge in [0.2, 0.25) is 5.95 Å². The van der Waals surface area contributed by atoms with Gasteiger partial charge in [0.15, 0.2) is 0 Å². The number of nitrogens with one attached hydrogen (secondary N) is 1. The zero-order valence-electron chi connectivity index (χ0n) is 14.5. The number of nitrogens with zero attached hydrogens (tertiary/aromatic N) is 4. The third-order valence-electron chi connectivity index (χ3n) is 4.76. The number of piperazine rings is 1. The van der Waals surface area contributed by atoms with E-state index in [1.54, 1.807) is 12.4 Å². The number of benzene rings is 1. The molecule has 1 amide bonds. The number of aromatic amines is 1. The van der Waals surface area contributed by atoms with Gasteiger partial charge in [-0.3, -0.25) is 4.79 Å². The lowest BCUT2D eigenvalue weighted by Gasteiger charge is -2.34. The fraction of sp³-hybridized carbons (Fsp3) is 0.316. The maximum Gasteiger partial charge on any atom is 0.256 e. The third kappa shape index (κ3) is 2.84. The van der Waals surface area contributed by atoms with Gasteiger partial charge in [0.1, 0.15) is 0 Å². The minimum atomic E-state index is 0.0984. The van der Waals surface area contributed by atoms with Gasteiger partial charge in [-0.1, -0.05) is 12.1 Å². The first kappa shape index (κ1) is 15.6. The predicted octanol–water partition coefficient (Wildman–Crippen LogP) is 2.54. The average molecular weight is 335 g/mol. The lowest BCUT2D eigenvalue weighted by Crippen LogP contribution is -2.49. The van der Waals surface area contributed by atoms with Crippen molar-refractivity contribution >= 4 is 22.8 Å². The molecule has 0 unspecified atom stereocenters. The van der Waals surface area contributed by atoms with Gasteiger partial charge in [0, 0.05) is 55.2 Å². The molecule has 1 aliphatic rings. The summed E-state index contributed by atoms with van der Waals surface area (Å²) in [4.78, 5) is 29.1. The monoisotopic (exact) mass is 335 g/mol. The molecule has 3 aromatic rings. The lowest BCUT2D eigenvalue weighted by atomic mass is 10.1. The van der Waals surface area contributed by atoms with Gasteiger partial charge in [-0.25, -0.2) is 9.97 Å². The van der Waals surface area contributed by atoms with Crippen LogP contribution in [0.25, 0.3) is 10.9 Å². The highest BCUT2D eigenvalue weighted by atomic mass is 16.2. The van der Waals surface area contributed by atoms with Crippen molar-refractivity contribution in [2.45, 2.75) is 13.8 Å². The Morgan fingerprint density at radius 2 is 1.80 bits per heavy atom. The van der Waals surface area contributed by atoms with E-state index in [0.29, 0.717) is 13.1 Å². The fourth-order valence-corrected chi connectivity index (χ4v) is 3.44. The SMILES string of the molecule is Cc1ccc2c(C(=O)N3CCN(c4ncccn4)CC3)c(C)[nH]c2c1. The van der Waals surface area contributed by atoms with Crippen LogP contribution in [0.1, 0.15) is 21.6 Å². The van der Waals surface area contributed by atoms with Crippen molar-refractivity contribution in [2.75, 3.05) is 31.1 Å². The van der Waals surface area contributed by atoms with E-state index in [2.05, 4.69) is 38.9 Å². The number of H-pyrrole nitrogens is 1. The van der Waals surface area contributed by atoms with E-state index < -0.39 is 0 Å². The van der Waals surface area contributed by atoms with Gasteiger partial charge in [0.05, 0.1) is 5.56 Å². The maximum absolute atomic E-state index is 13.1. The summed E-state index contributed by atoms with van der Waals surface area (Å²) < 4.78 is 0. The first-order valence-electron chi connectivity index (χ1n) is 8.53. The Morgan fingerprint density at radius 1 is 1.08 bits per heavy atom. The van der Waals surface area contributed by atoms with Crippen molar-refractivity contribution in [3.63, 3.8) is 0 Å². The molecule has 1 aromatic carbocycles. The normalized spacial score (nSPS) is 15.0. The molecule has 4 rings (SSSR count). The number of carbonyl (C=O) groups is 1. The molecule has 1 aliphatic heterocycles. The quantitative estimate of drug-likeness (QED) is 0.782. The largest absolute Gasteiger partial charge is 0.358 e. The minimum absolute atomic E-state index is 0.0984. The van der Waals surface area contributed by atoms with Crippen LogP contribution in [0.2, 0.25) is 0 Å². The molecular formula is C19H21N5O. The summed E-state index contributed by atoms with van der Waals surface area (Å²) in [5, 5.41) is 1.00. The zero-order valence-corrected chi connectivity index (χ0v) is 14.5. The van der Waals surface area contributed by atoms with E-state index in [-0.39, 0.29) is 5.91 Å². The molecule has 1 saturated heterocycles. The third-order valence-corrected chi connectivity index (χ3v) is 4.76. The highest BCUT2D eigenvalue weighted by Gasteiger charge is 2.26. The van der Waals surface area contributed by atoms with E-state index in [1.807, 2.05) is 24.0 Å². The van der Waals surface area contributed by atoms with E-state index in [0.717, 1.165) is 41.2 Å². The summed E-state index contributed by atoms with van der Waals surface area (Å²) >= 11 is 0. The molecule has 3 heterocycles. The summed E-state index contributed by atoms with van der Waals surface area (Å²) in [6.45, 7) is 6.87. The van der Waals surface area contributed by atoms with Crippen LogP contribution < -0.4 is 4.90 Å². The standard InChI is InChI=1S/C19H21N5O/c1-13-4-5-15-16(12-13)22-14(2)17(15)18(25)23-8-10-24(11-9-23)19-20-6-3-7-21-19/h3-7,12,22H,8-11H2,1-2H3. The molecule has 1 fully saturated rings. The van der Waals surface area contributed by atoms with Gasteiger partial charge in [0.25, 0.3) is 5.91 Å². The molecule has 1 N–H and O–H groups in total. The van der Waals surface area contributed by atoms with E-state index >= 15 is 0 Å². The number of aryl methyl sites for hydroxylation is 2. The van der Waals surface area contributed by atoms with Crippen LogP contribution in [0.5, 0.6) is 0 Å². The first-order chi connectivity index (χ1) is 12.1. The molecule has 0 saturated carbocycles. The number of aromatic nitrogens is 3. The molecule has 0 bridgehead atoms. The number of rotatable bonds is 2. The number of carbonyl (C=O) groups excluding carboxylic acids is 1. The highest BCUT2D eigenvalue weighted by molar-refractivity contribution is 6.08. The van der Waals surface area contributed by atoms with Crippen molar-refractivity contribution in [3.8, 4) is 0 Å². The second-order valence-corrected chi connectivity index (χ2v) is 6.50. The fourth-order valence-electron chi connectivity index (χ4n) is 3.44. The second-order valence-electron chi connectivity index (χ2n) is 6.50. The second kappa shape index (κ2) is 6.20. The van der Waals surface area contributed by atoms with E-state index in [9.17, 15) is 4.79 Å². The Bertz CT molecular complexity index is 910. The highest BCUT2D eigenvalue weighted by Crippen LogP contribution is 2.25. The van der Waals surface area contributed by atoms with Crippen LogP contribution in [0.4, 0.5) is 5.95 Å². The summed E-state index contributed by atoms with van der Waals surface area (Å²) in [6.07, 6.45) is 3.49. The van der Waals surface area contributed by atoms with Gasteiger partial charge >= 0.3 is 0 Å². The van der Waals surface area contributed by atoms with Crippen molar-refractivity contribution in [2.24, 2.45) is 0 Å². The summed E-state index contributed by atoms with van der Waals surface area (Å²) in [5.41, 5.74) is 3.93. The number of anilines is 1. The Labute approximate surface area is 146 Å². The Hall–Kier alpha value is -2.89. The van der Waals surface area contributed by atoms with Crippen LogP contribution in [0.3, 0.4) is 0 Å². The Kier molecular flexibility index (Phi) is 3.87. The molecule has 128 valence electrons. The van der Waals surface area contributed by atoms with E-state index in [4.69, 9.17) is 0 Å². The van der Waals surface area contributed by atoms with Crippen LogP contribution in [0.15, 0.2) is 36.7 Å².